The number of ether oxygens (including phenoxy) is 1. The molecule has 1 rings (SSSR count). The number of aliphatic hydroxyl groups excluding tert-OH is 1. The van der Waals surface area contributed by atoms with E-state index in [0.29, 0.717) is 19.0 Å². The number of methoxy groups -OCH3 is 1. The average molecular weight is 239 g/mol. The van der Waals surface area contributed by atoms with Gasteiger partial charge in [0.2, 0.25) is 0 Å². The van der Waals surface area contributed by atoms with Crippen LogP contribution in [0.1, 0.15) is 10.5 Å². The second-order valence-corrected chi connectivity index (χ2v) is 3.46. The molecule has 0 aliphatic rings. The molecule has 0 aromatic carbocycles. The Labute approximate surface area is 100 Å². The highest BCUT2D eigenvalue weighted by atomic mass is 16.5. The van der Waals surface area contributed by atoms with Crippen molar-refractivity contribution in [3.63, 3.8) is 0 Å². The van der Waals surface area contributed by atoms with Crippen molar-refractivity contribution in [1.82, 2.24) is 9.88 Å². The summed E-state index contributed by atoms with van der Waals surface area (Å²) in [6.07, 6.45) is 0. The molecule has 1 amide bonds. The first-order chi connectivity index (χ1) is 8.19. The summed E-state index contributed by atoms with van der Waals surface area (Å²) in [6, 6.07) is 4.88. The molecule has 0 aliphatic carbocycles. The first-order valence-corrected chi connectivity index (χ1v) is 5.30. The van der Waals surface area contributed by atoms with E-state index in [-0.39, 0.29) is 24.8 Å². The molecule has 0 saturated heterocycles. The van der Waals surface area contributed by atoms with Crippen LogP contribution < -0.4 is 5.73 Å². The monoisotopic (exact) mass is 239 g/mol. The number of pyridine rings is 1. The minimum Gasteiger partial charge on any atom is -0.395 e. The molecule has 1 aromatic heterocycles. The SMILES string of the molecule is COCCN(CCO)C(=O)c1cccc(N)n1. The molecular formula is C11H17N3O3. The predicted molar refractivity (Wildman–Crippen MR) is 63.5 cm³/mol. The van der Waals surface area contributed by atoms with E-state index in [1.165, 1.54) is 4.90 Å². The fourth-order valence-electron chi connectivity index (χ4n) is 1.37. The second-order valence-electron chi connectivity index (χ2n) is 3.46. The Bertz CT molecular complexity index is 371. The number of hydrogen-bond donors (Lipinski definition) is 2. The molecule has 94 valence electrons. The van der Waals surface area contributed by atoms with Crippen molar-refractivity contribution in [2.24, 2.45) is 0 Å². The lowest BCUT2D eigenvalue weighted by Crippen LogP contribution is -2.36. The van der Waals surface area contributed by atoms with Gasteiger partial charge in [0.1, 0.15) is 11.5 Å². The van der Waals surface area contributed by atoms with Crippen molar-refractivity contribution in [2.45, 2.75) is 0 Å². The number of hydrogen-bond acceptors (Lipinski definition) is 5. The van der Waals surface area contributed by atoms with Gasteiger partial charge in [-0.2, -0.15) is 0 Å². The molecule has 1 aromatic rings. The van der Waals surface area contributed by atoms with Gasteiger partial charge in [-0.1, -0.05) is 6.07 Å². The summed E-state index contributed by atoms with van der Waals surface area (Å²) < 4.78 is 4.91. The molecule has 6 nitrogen and oxygen atoms in total. The van der Waals surface area contributed by atoms with Crippen LogP contribution in [0.4, 0.5) is 5.82 Å². The minimum atomic E-state index is -0.261. The van der Waals surface area contributed by atoms with Gasteiger partial charge in [-0.15, -0.1) is 0 Å². The summed E-state index contributed by atoms with van der Waals surface area (Å²) in [7, 11) is 1.56. The van der Waals surface area contributed by atoms with Gasteiger partial charge in [0, 0.05) is 20.2 Å². The maximum Gasteiger partial charge on any atom is 0.272 e. The number of nitrogen functional groups attached to an aromatic ring is 1. The van der Waals surface area contributed by atoms with E-state index in [4.69, 9.17) is 15.6 Å². The largest absolute Gasteiger partial charge is 0.395 e. The van der Waals surface area contributed by atoms with Crippen molar-refractivity contribution in [3.8, 4) is 0 Å². The highest BCUT2D eigenvalue weighted by Crippen LogP contribution is 2.04. The number of nitrogens with zero attached hydrogens (tertiary/aromatic N) is 2. The van der Waals surface area contributed by atoms with E-state index in [1.54, 1.807) is 25.3 Å². The fourth-order valence-corrected chi connectivity index (χ4v) is 1.37. The van der Waals surface area contributed by atoms with E-state index in [0.717, 1.165) is 0 Å². The average Bonchev–Trinajstić information content (AvgIpc) is 2.33. The molecule has 0 atom stereocenters. The molecule has 3 N–H and O–H groups in total. The molecular weight excluding hydrogens is 222 g/mol. The van der Waals surface area contributed by atoms with E-state index < -0.39 is 0 Å². The number of aliphatic hydroxyl groups is 1. The van der Waals surface area contributed by atoms with Gasteiger partial charge in [0.15, 0.2) is 0 Å². The van der Waals surface area contributed by atoms with Crippen LogP contribution in [-0.2, 0) is 4.74 Å². The molecule has 0 fully saturated rings. The number of nitrogens with two attached hydrogens (primary N) is 1. The molecule has 0 radical (unpaired) electrons. The lowest BCUT2D eigenvalue weighted by Gasteiger charge is -2.20. The molecule has 0 unspecified atom stereocenters. The van der Waals surface area contributed by atoms with E-state index in [9.17, 15) is 4.79 Å². The highest BCUT2D eigenvalue weighted by Gasteiger charge is 2.16. The Hall–Kier alpha value is -1.66. The van der Waals surface area contributed by atoms with Crippen LogP contribution in [0.15, 0.2) is 18.2 Å². The number of rotatable bonds is 6. The van der Waals surface area contributed by atoms with Gasteiger partial charge >= 0.3 is 0 Å². The zero-order valence-corrected chi connectivity index (χ0v) is 9.80. The normalized spacial score (nSPS) is 10.2. The lowest BCUT2D eigenvalue weighted by atomic mass is 10.3. The van der Waals surface area contributed by atoms with E-state index in [1.807, 2.05) is 0 Å². The summed E-state index contributed by atoms with van der Waals surface area (Å²) in [5.41, 5.74) is 5.79. The summed E-state index contributed by atoms with van der Waals surface area (Å²) >= 11 is 0. The Kier molecular flexibility index (Phi) is 5.38. The third-order valence-corrected chi connectivity index (χ3v) is 2.21. The van der Waals surface area contributed by atoms with Gasteiger partial charge in [-0.3, -0.25) is 4.79 Å². The predicted octanol–water partition coefficient (Wildman–Crippen LogP) is -0.255. The standard InChI is InChI=1S/C11H17N3O3/c1-17-8-6-14(5-7-15)11(16)9-3-2-4-10(12)13-9/h2-4,15H,5-8H2,1H3,(H2,12,13). The summed E-state index contributed by atoms with van der Waals surface area (Å²) in [4.78, 5) is 17.5. The highest BCUT2D eigenvalue weighted by molar-refractivity contribution is 5.92. The Balaban J connectivity index is 2.76. The number of aromatic nitrogens is 1. The van der Waals surface area contributed by atoms with Crippen LogP contribution in [0.25, 0.3) is 0 Å². The van der Waals surface area contributed by atoms with E-state index >= 15 is 0 Å². The zero-order chi connectivity index (χ0) is 12.7. The maximum atomic E-state index is 12.0. The molecule has 0 saturated carbocycles. The van der Waals surface area contributed by atoms with Gasteiger partial charge in [0.05, 0.1) is 13.2 Å². The smallest absolute Gasteiger partial charge is 0.272 e. The molecule has 0 aliphatic heterocycles. The van der Waals surface area contributed by atoms with Gasteiger partial charge < -0.3 is 20.5 Å². The molecule has 1 heterocycles. The van der Waals surface area contributed by atoms with Crippen molar-refractivity contribution in [2.75, 3.05) is 39.1 Å². The van der Waals surface area contributed by atoms with Crippen molar-refractivity contribution in [3.05, 3.63) is 23.9 Å². The van der Waals surface area contributed by atoms with Gasteiger partial charge in [-0.25, -0.2) is 4.98 Å². The Morgan fingerprint density at radius 2 is 2.29 bits per heavy atom. The van der Waals surface area contributed by atoms with Crippen molar-refractivity contribution >= 4 is 11.7 Å². The van der Waals surface area contributed by atoms with Crippen LogP contribution in [-0.4, -0.2) is 54.3 Å². The molecule has 0 spiro atoms. The van der Waals surface area contributed by atoms with Crippen molar-refractivity contribution < 1.29 is 14.6 Å². The van der Waals surface area contributed by atoms with Gasteiger partial charge in [-0.05, 0) is 12.1 Å². The molecule has 0 bridgehead atoms. The topological polar surface area (TPSA) is 88.7 Å². The first kappa shape index (κ1) is 13.4. The second kappa shape index (κ2) is 6.82. The quantitative estimate of drug-likeness (QED) is 0.714. The summed E-state index contributed by atoms with van der Waals surface area (Å²) in [5, 5.41) is 8.91. The van der Waals surface area contributed by atoms with Crippen LogP contribution in [0.5, 0.6) is 0 Å². The van der Waals surface area contributed by atoms with Crippen LogP contribution >= 0.6 is 0 Å². The Morgan fingerprint density at radius 3 is 2.88 bits per heavy atom. The summed E-state index contributed by atoms with van der Waals surface area (Å²) in [5.74, 6) is 0.0370. The van der Waals surface area contributed by atoms with Crippen molar-refractivity contribution in [1.29, 1.82) is 0 Å². The van der Waals surface area contributed by atoms with Gasteiger partial charge in [0.25, 0.3) is 5.91 Å². The number of carbonyl (C=O) groups is 1. The Morgan fingerprint density at radius 1 is 1.53 bits per heavy atom. The first-order valence-electron chi connectivity index (χ1n) is 5.30. The zero-order valence-electron chi connectivity index (χ0n) is 9.80. The minimum absolute atomic E-state index is 0.0994. The van der Waals surface area contributed by atoms with Crippen LogP contribution in [0.3, 0.4) is 0 Å². The van der Waals surface area contributed by atoms with Crippen LogP contribution in [0.2, 0.25) is 0 Å². The lowest BCUT2D eigenvalue weighted by molar-refractivity contribution is 0.0651. The maximum absolute atomic E-state index is 12.0. The molecule has 17 heavy (non-hydrogen) atoms. The molecule has 6 heteroatoms. The number of carbonyl (C=O) groups excluding carboxylic acids is 1. The summed E-state index contributed by atoms with van der Waals surface area (Å²) in [6.45, 7) is 0.969. The fraction of sp³-hybridized carbons (Fsp3) is 0.455. The van der Waals surface area contributed by atoms with Crippen LogP contribution in [0, 0.1) is 0 Å². The number of anilines is 1. The third kappa shape index (κ3) is 4.01. The third-order valence-electron chi connectivity index (χ3n) is 2.21. The van der Waals surface area contributed by atoms with E-state index in [2.05, 4.69) is 4.98 Å². The number of amides is 1.